The van der Waals surface area contributed by atoms with E-state index in [0.717, 1.165) is 48.0 Å². The van der Waals surface area contributed by atoms with Gasteiger partial charge in [-0.05, 0) is 161 Å². The predicted octanol–water partition coefficient (Wildman–Crippen LogP) is 19.6. The zero-order chi connectivity index (χ0) is 56.7. The minimum Gasteiger partial charge on any atom is -0.299 e. The van der Waals surface area contributed by atoms with Gasteiger partial charge in [0.1, 0.15) is 11.6 Å². The molecule has 0 aromatic heterocycles. The summed E-state index contributed by atoms with van der Waals surface area (Å²) in [5.74, 6) is -0.815. The molecule has 0 N–H and O–H groups in total. The number of benzene rings is 6. The van der Waals surface area contributed by atoms with Gasteiger partial charge < -0.3 is 0 Å². The van der Waals surface area contributed by atoms with Crippen LogP contribution >= 0.6 is 0 Å². The molecule has 17 heteroatoms. The molecule has 0 heterocycles. The van der Waals surface area contributed by atoms with Crippen LogP contribution in [-0.4, -0.2) is 11.6 Å². The molecule has 2 nitrogen and oxygen atoms in total. The number of rotatable bonds is 14. The molecule has 404 valence electrons. The third-order valence-corrected chi connectivity index (χ3v) is 12.0. The number of carbonyl (C=O) groups excluding carboxylic acids is 2. The van der Waals surface area contributed by atoms with Crippen LogP contribution in [0.4, 0.5) is 65.9 Å². The SMILES string of the molecule is CC(=O)C(CC(C)C)c1cc(/C=C/c2cc(C(F)(F)F)cc(C(F)(F)F)c2)cc(-c2ccc(C(F)(F)F)cc2)c1.CC(=O)C(CC(C)C)c1cc(/C=C\c2ccc(C(F)(F)F)cc2)cc(-c2ccc(C(F)(F)F)cc2)c1. The molecule has 6 rings (SSSR count). The third-order valence-electron chi connectivity index (χ3n) is 12.0. The second-order valence-electron chi connectivity index (χ2n) is 19.1. The van der Waals surface area contributed by atoms with Crippen LogP contribution in [-0.2, 0) is 40.5 Å². The monoisotopic (exact) mass is 1080 g/mol. The highest BCUT2D eigenvalue weighted by Crippen LogP contribution is 2.39. The normalized spacial score (nSPS) is 13.6. The molecule has 0 saturated heterocycles. The van der Waals surface area contributed by atoms with Gasteiger partial charge in [0.05, 0.1) is 27.8 Å². The number of ketones is 2. The molecule has 0 fully saturated rings. The number of halogens is 15. The quantitative estimate of drug-likeness (QED) is 0.0805. The van der Waals surface area contributed by atoms with Crippen molar-refractivity contribution in [2.24, 2.45) is 11.8 Å². The minimum absolute atomic E-state index is 0.0223. The molecular formula is C59H51F15O2. The van der Waals surface area contributed by atoms with Crippen LogP contribution in [0.1, 0.15) is 127 Å². The highest BCUT2D eigenvalue weighted by molar-refractivity contribution is 5.86. The topological polar surface area (TPSA) is 34.1 Å². The molecule has 0 aliphatic carbocycles. The van der Waals surface area contributed by atoms with E-state index in [1.165, 1.54) is 62.4 Å². The first-order valence-corrected chi connectivity index (χ1v) is 23.6. The Morgan fingerprint density at radius 2 is 0.618 bits per heavy atom. The Bertz CT molecular complexity index is 2970. The molecule has 0 saturated carbocycles. The van der Waals surface area contributed by atoms with Crippen molar-refractivity contribution < 1.29 is 75.4 Å². The van der Waals surface area contributed by atoms with E-state index in [0.29, 0.717) is 69.5 Å². The summed E-state index contributed by atoms with van der Waals surface area (Å²) in [5.41, 5.74) is -0.799. The van der Waals surface area contributed by atoms with E-state index < -0.39 is 70.5 Å². The van der Waals surface area contributed by atoms with E-state index in [1.807, 2.05) is 39.8 Å². The van der Waals surface area contributed by atoms with Crippen molar-refractivity contribution in [1.82, 2.24) is 0 Å². The van der Waals surface area contributed by atoms with Gasteiger partial charge in [-0.1, -0.05) is 113 Å². The summed E-state index contributed by atoms with van der Waals surface area (Å²) in [6.45, 7) is 10.7. The predicted molar refractivity (Wildman–Crippen MR) is 265 cm³/mol. The van der Waals surface area contributed by atoms with E-state index >= 15 is 0 Å². The first kappa shape index (κ1) is 60.0. The van der Waals surface area contributed by atoms with Crippen molar-refractivity contribution in [2.75, 3.05) is 0 Å². The third kappa shape index (κ3) is 17.1. The Hall–Kier alpha value is -6.91. The molecule has 2 unspecified atom stereocenters. The Morgan fingerprint density at radius 3 is 0.895 bits per heavy atom. The van der Waals surface area contributed by atoms with E-state index in [1.54, 1.807) is 30.4 Å². The Morgan fingerprint density at radius 1 is 0.342 bits per heavy atom. The molecule has 0 bridgehead atoms. The second-order valence-corrected chi connectivity index (χ2v) is 19.1. The fourth-order valence-corrected chi connectivity index (χ4v) is 8.24. The van der Waals surface area contributed by atoms with Crippen molar-refractivity contribution in [3.05, 3.63) is 189 Å². The van der Waals surface area contributed by atoms with Crippen LogP contribution in [0.2, 0.25) is 0 Å². The lowest BCUT2D eigenvalue weighted by molar-refractivity contribution is -0.143. The van der Waals surface area contributed by atoms with Crippen LogP contribution in [0.15, 0.2) is 127 Å². The van der Waals surface area contributed by atoms with E-state index in [2.05, 4.69) is 0 Å². The van der Waals surface area contributed by atoms with Gasteiger partial charge in [-0.3, -0.25) is 9.59 Å². The molecule has 0 amide bonds. The van der Waals surface area contributed by atoms with Gasteiger partial charge in [0, 0.05) is 11.8 Å². The Balaban J connectivity index is 0.000000282. The van der Waals surface area contributed by atoms with Gasteiger partial charge in [0.2, 0.25) is 0 Å². The number of hydrogen-bond donors (Lipinski definition) is 0. The minimum atomic E-state index is -5.01. The molecular weight excluding hydrogens is 1030 g/mol. The van der Waals surface area contributed by atoms with Crippen molar-refractivity contribution in [2.45, 2.75) is 97.1 Å². The van der Waals surface area contributed by atoms with E-state index in [9.17, 15) is 75.4 Å². The summed E-state index contributed by atoms with van der Waals surface area (Å²) in [4.78, 5) is 24.9. The van der Waals surface area contributed by atoms with Gasteiger partial charge >= 0.3 is 30.9 Å². The summed E-state index contributed by atoms with van der Waals surface area (Å²) in [6.07, 6.45) is -16.6. The molecule has 0 aliphatic heterocycles. The first-order valence-electron chi connectivity index (χ1n) is 23.6. The van der Waals surface area contributed by atoms with Crippen LogP contribution < -0.4 is 0 Å². The summed E-state index contributed by atoms with van der Waals surface area (Å²) in [7, 11) is 0. The fraction of sp³-hybridized carbons (Fsp3) is 0.288. The van der Waals surface area contributed by atoms with Crippen molar-refractivity contribution in [3.8, 4) is 22.3 Å². The zero-order valence-electron chi connectivity index (χ0n) is 41.6. The highest BCUT2D eigenvalue weighted by atomic mass is 19.4. The van der Waals surface area contributed by atoms with Gasteiger partial charge in [-0.25, -0.2) is 0 Å². The highest BCUT2D eigenvalue weighted by Gasteiger charge is 2.37. The molecule has 2 atom stereocenters. The van der Waals surface area contributed by atoms with Gasteiger partial charge in [0.15, 0.2) is 0 Å². The van der Waals surface area contributed by atoms with Crippen LogP contribution in [0.3, 0.4) is 0 Å². The number of carbonyl (C=O) groups is 2. The van der Waals surface area contributed by atoms with E-state index in [-0.39, 0.29) is 35.0 Å². The smallest absolute Gasteiger partial charge is 0.299 e. The number of alkyl halides is 15. The lowest BCUT2D eigenvalue weighted by atomic mass is 9.85. The number of hydrogen-bond acceptors (Lipinski definition) is 2. The van der Waals surface area contributed by atoms with Gasteiger partial charge in [0.25, 0.3) is 0 Å². The summed E-state index contributed by atoms with van der Waals surface area (Å²) in [6, 6.07) is 25.2. The molecule has 6 aromatic carbocycles. The fourth-order valence-electron chi connectivity index (χ4n) is 8.24. The molecule has 76 heavy (non-hydrogen) atoms. The number of Topliss-reactive ketones (excluding diaryl/α,β-unsaturated/α-hetero) is 2. The van der Waals surface area contributed by atoms with Gasteiger partial charge in [-0.2, -0.15) is 65.9 Å². The second kappa shape index (κ2) is 24.0. The summed E-state index contributed by atoms with van der Waals surface area (Å²) in [5, 5.41) is 0. The summed E-state index contributed by atoms with van der Waals surface area (Å²) >= 11 is 0. The maximum absolute atomic E-state index is 13.3. The lowest BCUT2D eigenvalue weighted by Gasteiger charge is -2.19. The van der Waals surface area contributed by atoms with Gasteiger partial charge in [-0.15, -0.1) is 0 Å². The molecule has 0 radical (unpaired) electrons. The van der Waals surface area contributed by atoms with Crippen molar-refractivity contribution >= 4 is 35.9 Å². The molecule has 0 spiro atoms. The lowest BCUT2D eigenvalue weighted by Crippen LogP contribution is -2.12. The first-order chi connectivity index (χ1) is 35.1. The average Bonchev–Trinajstić information content (AvgIpc) is 3.32. The zero-order valence-corrected chi connectivity index (χ0v) is 41.6. The maximum Gasteiger partial charge on any atom is 0.416 e. The Labute approximate surface area is 430 Å². The van der Waals surface area contributed by atoms with E-state index in [4.69, 9.17) is 0 Å². The van der Waals surface area contributed by atoms with Crippen molar-refractivity contribution in [1.29, 1.82) is 0 Å². The van der Waals surface area contributed by atoms with Crippen molar-refractivity contribution in [3.63, 3.8) is 0 Å². The largest absolute Gasteiger partial charge is 0.416 e. The maximum atomic E-state index is 13.3. The van der Waals surface area contributed by atoms with Crippen LogP contribution in [0, 0.1) is 11.8 Å². The standard InChI is InChI=1S/C30H25F9O.C29H26F6O/c1-17(2)10-27(18(3)40)23-12-19(11-22(15-23)21-6-8-24(9-7-21)28(31,32)33)4-5-20-13-25(29(34,35)36)16-26(14-20)30(37,38)39;1-18(2)14-27(19(3)36)24-16-21(5-4-20-6-10-25(11-7-20)28(30,31)32)15-23(17-24)22-8-12-26(13-9-22)29(33,34)35/h4-9,11-17,27H,10H2,1-3H3;4-13,15-18,27H,14H2,1-3H3/b5-4+;5-4-. The van der Waals surface area contributed by atoms with Crippen LogP contribution in [0.5, 0.6) is 0 Å². The summed E-state index contributed by atoms with van der Waals surface area (Å²) < 4.78 is 196. The average molecular weight is 1080 g/mol. The molecule has 6 aromatic rings. The molecule has 0 aliphatic rings. The Kier molecular flexibility index (Phi) is 18.9. The van der Waals surface area contributed by atoms with Crippen LogP contribution in [0.25, 0.3) is 46.6 Å².